The maximum atomic E-state index is 11.4. The van der Waals surface area contributed by atoms with E-state index in [9.17, 15) is 8.42 Å². The molecule has 21 heavy (non-hydrogen) atoms. The van der Waals surface area contributed by atoms with Crippen LogP contribution in [0, 0.1) is 0 Å². The van der Waals surface area contributed by atoms with Gasteiger partial charge in [0.1, 0.15) is 6.33 Å². The molecule has 0 amide bonds. The zero-order valence-corrected chi connectivity index (χ0v) is 12.7. The molecule has 0 radical (unpaired) electrons. The zero-order chi connectivity index (χ0) is 15.3. The molecular formula is C12H18N6O2S. The van der Waals surface area contributed by atoms with Gasteiger partial charge in [0.15, 0.2) is 0 Å². The normalized spacial score (nSPS) is 13.2. The highest BCUT2D eigenvalue weighted by molar-refractivity contribution is 7.89. The Kier molecular flexibility index (Phi) is 4.99. The zero-order valence-electron chi connectivity index (χ0n) is 11.9. The van der Waals surface area contributed by atoms with Crippen molar-refractivity contribution in [3.8, 4) is 5.69 Å². The molecule has 1 aromatic heterocycles. The molecule has 0 fully saturated rings. The van der Waals surface area contributed by atoms with Crippen molar-refractivity contribution in [2.45, 2.75) is 13.0 Å². The summed E-state index contributed by atoms with van der Waals surface area (Å²) in [6.45, 7) is 2.35. The molecule has 9 heteroatoms. The first-order chi connectivity index (χ1) is 10.0. The Hall–Kier alpha value is -1.84. The van der Waals surface area contributed by atoms with E-state index in [4.69, 9.17) is 0 Å². The lowest BCUT2D eigenvalue weighted by molar-refractivity contribution is 0.567. The van der Waals surface area contributed by atoms with Crippen LogP contribution in [0.5, 0.6) is 0 Å². The average molecular weight is 310 g/mol. The summed E-state index contributed by atoms with van der Waals surface area (Å²) in [5.74, 6) is 0.0422. The van der Waals surface area contributed by atoms with Crippen molar-refractivity contribution >= 4 is 10.0 Å². The first-order valence-electron chi connectivity index (χ1n) is 6.50. The fraction of sp³-hybridized carbons (Fsp3) is 0.417. The van der Waals surface area contributed by atoms with Crippen LogP contribution in [0.2, 0.25) is 0 Å². The first kappa shape index (κ1) is 15.5. The predicted octanol–water partition coefficient (Wildman–Crippen LogP) is -0.138. The van der Waals surface area contributed by atoms with E-state index < -0.39 is 10.0 Å². The van der Waals surface area contributed by atoms with Crippen molar-refractivity contribution in [2.75, 3.05) is 19.3 Å². The molecule has 8 nitrogen and oxygen atoms in total. The van der Waals surface area contributed by atoms with Gasteiger partial charge in [0.05, 0.1) is 11.4 Å². The van der Waals surface area contributed by atoms with Gasteiger partial charge in [-0.05, 0) is 42.1 Å². The lowest BCUT2D eigenvalue weighted by atomic mass is 10.1. The van der Waals surface area contributed by atoms with Gasteiger partial charge in [0.25, 0.3) is 0 Å². The Morgan fingerprint density at radius 3 is 2.86 bits per heavy atom. The van der Waals surface area contributed by atoms with Gasteiger partial charge in [-0.2, -0.15) is 0 Å². The number of aromatic nitrogens is 4. The van der Waals surface area contributed by atoms with E-state index in [2.05, 4.69) is 25.6 Å². The minimum Gasteiger partial charge on any atom is -0.309 e. The van der Waals surface area contributed by atoms with Gasteiger partial charge in [-0.3, -0.25) is 0 Å². The number of sulfonamides is 1. The molecule has 114 valence electrons. The largest absolute Gasteiger partial charge is 0.309 e. The van der Waals surface area contributed by atoms with E-state index in [0.717, 1.165) is 11.3 Å². The Bertz CT molecular complexity index is 671. The molecule has 2 aromatic rings. The lowest BCUT2D eigenvalue weighted by Crippen LogP contribution is -2.30. The van der Waals surface area contributed by atoms with Crippen molar-refractivity contribution in [1.82, 2.24) is 30.2 Å². The van der Waals surface area contributed by atoms with E-state index in [-0.39, 0.29) is 11.8 Å². The highest BCUT2D eigenvalue weighted by atomic mass is 32.2. The third-order valence-electron chi connectivity index (χ3n) is 3.12. The minimum absolute atomic E-state index is 0.0217. The second-order valence-corrected chi connectivity index (χ2v) is 6.59. The van der Waals surface area contributed by atoms with Crippen LogP contribution in [-0.4, -0.2) is 48.0 Å². The van der Waals surface area contributed by atoms with Crippen molar-refractivity contribution in [2.24, 2.45) is 0 Å². The van der Waals surface area contributed by atoms with E-state index in [0.29, 0.717) is 6.54 Å². The molecule has 1 aromatic carbocycles. The molecule has 1 atom stereocenters. The van der Waals surface area contributed by atoms with Crippen LogP contribution < -0.4 is 10.0 Å². The molecule has 1 heterocycles. The summed E-state index contributed by atoms with van der Waals surface area (Å²) in [5, 5.41) is 14.2. The van der Waals surface area contributed by atoms with Crippen molar-refractivity contribution in [3.63, 3.8) is 0 Å². The first-order valence-corrected chi connectivity index (χ1v) is 8.15. The van der Waals surface area contributed by atoms with Crippen LogP contribution in [0.4, 0.5) is 0 Å². The molecule has 0 saturated carbocycles. The van der Waals surface area contributed by atoms with Crippen LogP contribution in [0.15, 0.2) is 30.6 Å². The number of rotatable bonds is 7. The Balaban J connectivity index is 2.00. The fourth-order valence-electron chi connectivity index (χ4n) is 1.85. The van der Waals surface area contributed by atoms with Gasteiger partial charge in [-0.1, -0.05) is 12.1 Å². The number of tetrazole rings is 1. The minimum atomic E-state index is -3.18. The van der Waals surface area contributed by atoms with Crippen LogP contribution in [0.25, 0.3) is 5.69 Å². The summed E-state index contributed by atoms with van der Waals surface area (Å²) >= 11 is 0. The highest BCUT2D eigenvalue weighted by Gasteiger charge is 2.10. The molecule has 0 aliphatic rings. The quantitative estimate of drug-likeness (QED) is 0.738. The second kappa shape index (κ2) is 6.74. The van der Waals surface area contributed by atoms with Crippen LogP contribution in [-0.2, 0) is 10.0 Å². The number of benzene rings is 1. The van der Waals surface area contributed by atoms with Gasteiger partial charge in [-0.15, -0.1) is 5.10 Å². The summed E-state index contributed by atoms with van der Waals surface area (Å²) < 4.78 is 26.6. The number of nitrogens with zero attached hydrogens (tertiary/aromatic N) is 4. The van der Waals surface area contributed by atoms with Gasteiger partial charge >= 0.3 is 0 Å². The van der Waals surface area contributed by atoms with Crippen molar-refractivity contribution in [1.29, 1.82) is 0 Å². The van der Waals surface area contributed by atoms with Crippen molar-refractivity contribution < 1.29 is 8.42 Å². The number of hydrogen-bond acceptors (Lipinski definition) is 6. The summed E-state index contributed by atoms with van der Waals surface area (Å²) in [7, 11) is -1.77. The van der Waals surface area contributed by atoms with Gasteiger partial charge in [0.2, 0.25) is 10.0 Å². The molecule has 0 saturated heterocycles. The fourth-order valence-corrected chi connectivity index (χ4v) is 2.44. The van der Waals surface area contributed by atoms with E-state index >= 15 is 0 Å². The number of nitrogens with one attached hydrogen (secondary N) is 2. The van der Waals surface area contributed by atoms with Gasteiger partial charge in [0, 0.05) is 12.6 Å². The Morgan fingerprint density at radius 1 is 1.38 bits per heavy atom. The smallest absolute Gasteiger partial charge is 0.212 e. The number of hydrogen-bond donors (Lipinski definition) is 2. The molecule has 0 bridgehead atoms. The van der Waals surface area contributed by atoms with Crippen LogP contribution in [0.3, 0.4) is 0 Å². The third kappa shape index (κ3) is 4.31. The van der Waals surface area contributed by atoms with Crippen molar-refractivity contribution in [3.05, 3.63) is 36.2 Å². The predicted molar refractivity (Wildman–Crippen MR) is 78.4 cm³/mol. The van der Waals surface area contributed by atoms with E-state index in [1.54, 1.807) is 4.68 Å². The van der Waals surface area contributed by atoms with Crippen LogP contribution in [0.1, 0.15) is 18.5 Å². The highest BCUT2D eigenvalue weighted by Crippen LogP contribution is 2.15. The topological polar surface area (TPSA) is 102 Å². The van der Waals surface area contributed by atoms with E-state index in [1.807, 2.05) is 31.2 Å². The van der Waals surface area contributed by atoms with Gasteiger partial charge in [-0.25, -0.2) is 17.8 Å². The average Bonchev–Trinajstić information content (AvgIpc) is 3.01. The monoisotopic (exact) mass is 310 g/mol. The summed E-state index contributed by atoms with van der Waals surface area (Å²) in [6, 6.07) is 7.76. The molecule has 1 unspecified atom stereocenters. The van der Waals surface area contributed by atoms with Gasteiger partial charge < -0.3 is 5.32 Å². The maximum Gasteiger partial charge on any atom is 0.212 e. The summed E-state index contributed by atoms with van der Waals surface area (Å²) in [6.07, 6.45) is 1.52. The molecule has 2 rings (SSSR count). The Morgan fingerprint density at radius 2 is 2.19 bits per heavy atom. The third-order valence-corrected chi connectivity index (χ3v) is 4.48. The van der Waals surface area contributed by atoms with Crippen LogP contribution >= 0.6 is 0 Å². The Labute approximate surface area is 123 Å². The maximum absolute atomic E-state index is 11.4. The molecular weight excluding hydrogens is 292 g/mol. The molecule has 2 N–H and O–H groups in total. The summed E-state index contributed by atoms with van der Waals surface area (Å²) in [5.41, 5.74) is 1.89. The van der Waals surface area contributed by atoms with E-state index in [1.165, 1.54) is 13.4 Å². The standard InChI is InChI=1S/C12H18N6O2S/c1-10(14-6-7-21(19,20)13-2)11-4-3-5-12(8-11)18-9-15-16-17-18/h3-5,8-10,13-14H,6-7H2,1-2H3. The molecule has 0 aliphatic heterocycles. The SMILES string of the molecule is CNS(=O)(=O)CCNC(C)c1cccc(-n2cnnn2)c1. The lowest BCUT2D eigenvalue weighted by Gasteiger charge is -2.15. The molecule has 0 spiro atoms. The summed E-state index contributed by atoms with van der Waals surface area (Å²) in [4.78, 5) is 0. The molecule has 0 aliphatic carbocycles. The second-order valence-electron chi connectivity index (χ2n) is 4.55.